The summed E-state index contributed by atoms with van der Waals surface area (Å²) < 4.78 is 30.3. The van der Waals surface area contributed by atoms with Crippen molar-refractivity contribution >= 4 is 20.8 Å². The summed E-state index contributed by atoms with van der Waals surface area (Å²) in [6.45, 7) is 1.87. The molecule has 0 saturated carbocycles. The highest BCUT2D eigenvalue weighted by Gasteiger charge is 2.23. The highest BCUT2D eigenvalue weighted by atomic mass is 32.2. The van der Waals surface area contributed by atoms with Crippen molar-refractivity contribution in [2.75, 3.05) is 0 Å². The van der Waals surface area contributed by atoms with Crippen LogP contribution in [0.3, 0.4) is 0 Å². The minimum Gasteiger partial charge on any atom is -0.463 e. The molecule has 21 heavy (non-hydrogen) atoms. The van der Waals surface area contributed by atoms with Crippen molar-refractivity contribution in [2.24, 2.45) is 0 Å². The summed E-state index contributed by atoms with van der Waals surface area (Å²) in [5, 5.41) is 0.262. The molecule has 0 aliphatic heterocycles. The molecule has 2 aromatic carbocycles. The van der Waals surface area contributed by atoms with E-state index in [0.717, 1.165) is 11.8 Å². The van der Waals surface area contributed by atoms with Crippen molar-refractivity contribution in [1.82, 2.24) is 0 Å². The van der Waals surface area contributed by atoms with Gasteiger partial charge in [-0.05, 0) is 36.8 Å². The molecule has 0 atom stereocenters. The molecule has 3 aromatic rings. The zero-order valence-corrected chi connectivity index (χ0v) is 12.1. The first-order valence-corrected chi connectivity index (χ1v) is 7.81. The van der Waals surface area contributed by atoms with E-state index in [0.29, 0.717) is 5.58 Å². The summed E-state index contributed by atoms with van der Waals surface area (Å²) in [5.41, 5.74) is 0.774. The van der Waals surface area contributed by atoms with Gasteiger partial charge >= 0.3 is 0 Å². The second-order valence-corrected chi connectivity index (χ2v) is 6.66. The summed E-state index contributed by atoms with van der Waals surface area (Å²) in [5.74, 6) is 0. The van der Waals surface area contributed by atoms with Gasteiger partial charge in [0.05, 0.1) is 10.3 Å². The summed E-state index contributed by atoms with van der Waals surface area (Å²) in [4.78, 5) is 12.2. The SMILES string of the molecule is Cc1ccc2c(=O)c(S(=O)(=O)c3ccccc3)coc2c1. The largest absolute Gasteiger partial charge is 0.463 e. The minimum absolute atomic E-state index is 0.0729. The van der Waals surface area contributed by atoms with Crippen LogP contribution in [-0.4, -0.2) is 8.42 Å². The Kier molecular flexibility index (Phi) is 3.14. The molecule has 106 valence electrons. The Balaban J connectivity index is 2.29. The van der Waals surface area contributed by atoms with E-state index in [1.807, 2.05) is 6.92 Å². The molecule has 0 N–H and O–H groups in total. The van der Waals surface area contributed by atoms with Crippen molar-refractivity contribution in [3.8, 4) is 0 Å². The summed E-state index contributed by atoms with van der Waals surface area (Å²) in [6, 6.07) is 12.9. The number of benzene rings is 2. The van der Waals surface area contributed by atoms with Gasteiger partial charge in [0.15, 0.2) is 4.90 Å². The summed E-state index contributed by atoms with van der Waals surface area (Å²) >= 11 is 0. The monoisotopic (exact) mass is 300 g/mol. The smallest absolute Gasteiger partial charge is 0.213 e. The normalized spacial score (nSPS) is 11.7. The fourth-order valence-corrected chi connectivity index (χ4v) is 3.43. The number of hydrogen-bond donors (Lipinski definition) is 0. The van der Waals surface area contributed by atoms with Crippen LogP contribution >= 0.6 is 0 Å². The van der Waals surface area contributed by atoms with Crippen LogP contribution in [0, 0.1) is 6.92 Å². The third-order valence-corrected chi connectivity index (χ3v) is 4.99. The fraction of sp³-hybridized carbons (Fsp3) is 0.0625. The van der Waals surface area contributed by atoms with Gasteiger partial charge in [-0.2, -0.15) is 0 Å². The average molecular weight is 300 g/mol. The van der Waals surface area contributed by atoms with Crippen LogP contribution in [0.2, 0.25) is 0 Å². The molecule has 3 rings (SSSR count). The number of aryl methyl sites for hydroxylation is 1. The molecule has 0 unspecified atom stereocenters. The number of fused-ring (bicyclic) bond motifs is 1. The van der Waals surface area contributed by atoms with Crippen molar-refractivity contribution in [3.05, 3.63) is 70.6 Å². The predicted octanol–water partition coefficient (Wildman–Crippen LogP) is 2.93. The Morgan fingerprint density at radius 3 is 2.43 bits per heavy atom. The lowest BCUT2D eigenvalue weighted by molar-refractivity contribution is 0.566. The van der Waals surface area contributed by atoms with Crippen molar-refractivity contribution in [1.29, 1.82) is 0 Å². The zero-order chi connectivity index (χ0) is 15.0. The van der Waals surface area contributed by atoms with Gasteiger partial charge < -0.3 is 4.42 Å². The average Bonchev–Trinajstić information content (AvgIpc) is 2.48. The molecule has 0 saturated heterocycles. The highest BCUT2D eigenvalue weighted by Crippen LogP contribution is 2.21. The maximum absolute atomic E-state index is 12.5. The lowest BCUT2D eigenvalue weighted by atomic mass is 10.2. The van der Waals surface area contributed by atoms with Gasteiger partial charge in [0.2, 0.25) is 15.3 Å². The molecule has 1 aromatic heterocycles. The molecular weight excluding hydrogens is 288 g/mol. The van der Waals surface area contributed by atoms with Crippen LogP contribution in [0.25, 0.3) is 11.0 Å². The van der Waals surface area contributed by atoms with Crippen LogP contribution < -0.4 is 5.43 Å². The first-order valence-electron chi connectivity index (χ1n) is 6.32. The van der Waals surface area contributed by atoms with E-state index in [2.05, 4.69) is 0 Å². The van der Waals surface area contributed by atoms with Gasteiger partial charge in [-0.3, -0.25) is 4.79 Å². The summed E-state index contributed by atoms with van der Waals surface area (Å²) in [6.07, 6.45) is 1.02. The predicted molar refractivity (Wildman–Crippen MR) is 79.1 cm³/mol. The molecule has 0 bridgehead atoms. The van der Waals surface area contributed by atoms with Crippen molar-refractivity contribution in [3.63, 3.8) is 0 Å². The topological polar surface area (TPSA) is 64.3 Å². The first kappa shape index (κ1) is 13.6. The van der Waals surface area contributed by atoms with Crippen molar-refractivity contribution < 1.29 is 12.8 Å². The van der Waals surface area contributed by atoms with Gasteiger partial charge in [-0.1, -0.05) is 24.3 Å². The van der Waals surface area contributed by atoms with Crippen LogP contribution in [-0.2, 0) is 9.84 Å². The van der Waals surface area contributed by atoms with Crippen LogP contribution in [0.5, 0.6) is 0 Å². The van der Waals surface area contributed by atoms with E-state index in [-0.39, 0.29) is 15.2 Å². The Morgan fingerprint density at radius 1 is 1.00 bits per heavy atom. The van der Waals surface area contributed by atoms with E-state index in [9.17, 15) is 13.2 Å². The quantitative estimate of drug-likeness (QED) is 0.730. The Hall–Kier alpha value is -2.40. The molecule has 0 fully saturated rings. The van der Waals surface area contributed by atoms with Gasteiger partial charge in [0, 0.05) is 0 Å². The zero-order valence-electron chi connectivity index (χ0n) is 11.2. The van der Waals surface area contributed by atoms with Crippen LogP contribution in [0.1, 0.15) is 5.56 Å². The van der Waals surface area contributed by atoms with Gasteiger partial charge in [-0.15, -0.1) is 0 Å². The van der Waals surface area contributed by atoms with E-state index in [4.69, 9.17) is 4.42 Å². The molecule has 1 heterocycles. The molecule has 0 aliphatic carbocycles. The molecule has 0 spiro atoms. The van der Waals surface area contributed by atoms with E-state index >= 15 is 0 Å². The number of sulfone groups is 1. The third kappa shape index (κ3) is 2.25. The molecule has 4 nitrogen and oxygen atoms in total. The molecule has 0 radical (unpaired) electrons. The third-order valence-electron chi connectivity index (χ3n) is 3.24. The second kappa shape index (κ2) is 4.86. The Bertz CT molecular complexity index is 970. The maximum atomic E-state index is 12.5. The standard InChI is InChI=1S/C16H12O4S/c1-11-7-8-13-14(9-11)20-10-15(16(13)17)21(18,19)12-5-3-2-4-6-12/h2-10H,1H3. The molecule has 0 aliphatic rings. The van der Waals surface area contributed by atoms with E-state index in [1.54, 1.807) is 36.4 Å². The van der Waals surface area contributed by atoms with Gasteiger partial charge in [-0.25, -0.2) is 8.42 Å². The number of hydrogen-bond acceptors (Lipinski definition) is 4. The van der Waals surface area contributed by atoms with Crippen LogP contribution in [0.4, 0.5) is 0 Å². The van der Waals surface area contributed by atoms with Gasteiger partial charge in [0.25, 0.3) is 0 Å². The van der Waals surface area contributed by atoms with Crippen molar-refractivity contribution in [2.45, 2.75) is 16.7 Å². The van der Waals surface area contributed by atoms with E-state index < -0.39 is 15.3 Å². The lowest BCUT2D eigenvalue weighted by Gasteiger charge is -2.05. The Labute approximate surface area is 121 Å². The molecule has 5 heteroatoms. The lowest BCUT2D eigenvalue weighted by Crippen LogP contribution is -2.15. The van der Waals surface area contributed by atoms with Gasteiger partial charge in [0.1, 0.15) is 11.8 Å². The minimum atomic E-state index is -3.88. The van der Waals surface area contributed by atoms with E-state index in [1.165, 1.54) is 12.1 Å². The fourth-order valence-electron chi connectivity index (χ4n) is 2.13. The Morgan fingerprint density at radius 2 is 1.71 bits per heavy atom. The molecular formula is C16H12O4S. The second-order valence-electron chi connectivity index (χ2n) is 4.75. The summed E-state index contributed by atoms with van der Waals surface area (Å²) in [7, 11) is -3.88. The number of rotatable bonds is 2. The first-order chi connectivity index (χ1) is 10.00. The van der Waals surface area contributed by atoms with Crippen LogP contribution in [0.15, 0.2) is 73.8 Å². The highest BCUT2D eigenvalue weighted by molar-refractivity contribution is 7.91. The maximum Gasteiger partial charge on any atom is 0.213 e. The molecule has 0 amide bonds.